The Balaban J connectivity index is 2.51. The van der Waals surface area contributed by atoms with E-state index in [-0.39, 0.29) is 11.7 Å². The number of benzene rings is 1. The molecule has 0 amide bonds. The van der Waals surface area contributed by atoms with Crippen molar-refractivity contribution in [2.24, 2.45) is 0 Å². The largest absolute Gasteiger partial charge is 0.508 e. The van der Waals surface area contributed by atoms with Crippen molar-refractivity contribution in [1.29, 1.82) is 0 Å². The highest BCUT2D eigenvalue weighted by Crippen LogP contribution is 2.29. The normalized spacial score (nSPS) is 14.4. The molecule has 2 rings (SSSR count). The van der Waals surface area contributed by atoms with Crippen LogP contribution in [0.5, 0.6) is 11.5 Å². The summed E-state index contributed by atoms with van der Waals surface area (Å²) in [7, 11) is 0. The molecule has 1 aromatic rings. The molecule has 3 heteroatoms. The standard InChI is InChI=1S/C8H6O3/c9-6-2-1-5-3-8(10)11-7(5)4-6/h1-2,4,9H,3H2. The lowest BCUT2D eigenvalue weighted by Gasteiger charge is -1.95. The minimum atomic E-state index is -0.259. The van der Waals surface area contributed by atoms with Crippen molar-refractivity contribution < 1.29 is 14.6 Å². The number of hydrogen-bond acceptors (Lipinski definition) is 3. The monoisotopic (exact) mass is 150 g/mol. The van der Waals surface area contributed by atoms with Crippen molar-refractivity contribution in [2.75, 3.05) is 0 Å². The van der Waals surface area contributed by atoms with Crippen LogP contribution >= 0.6 is 0 Å². The highest BCUT2D eigenvalue weighted by molar-refractivity contribution is 5.81. The number of ether oxygens (including phenoxy) is 1. The molecule has 0 spiro atoms. The summed E-state index contributed by atoms with van der Waals surface area (Å²) in [6, 6.07) is 4.68. The smallest absolute Gasteiger partial charge is 0.315 e. The van der Waals surface area contributed by atoms with Gasteiger partial charge in [-0.3, -0.25) is 4.79 Å². The molecule has 0 aromatic heterocycles. The van der Waals surface area contributed by atoms with E-state index in [9.17, 15) is 4.79 Å². The second kappa shape index (κ2) is 1.99. The van der Waals surface area contributed by atoms with Gasteiger partial charge in [-0.2, -0.15) is 0 Å². The molecule has 56 valence electrons. The van der Waals surface area contributed by atoms with Gasteiger partial charge in [0.2, 0.25) is 0 Å². The maximum absolute atomic E-state index is 10.7. The number of carbonyl (C=O) groups is 1. The van der Waals surface area contributed by atoms with E-state index in [4.69, 9.17) is 9.84 Å². The summed E-state index contributed by atoms with van der Waals surface area (Å²) in [6.07, 6.45) is 0.315. The highest BCUT2D eigenvalue weighted by atomic mass is 16.5. The fourth-order valence-corrected chi connectivity index (χ4v) is 1.10. The van der Waals surface area contributed by atoms with Crippen LogP contribution in [0.2, 0.25) is 0 Å². The van der Waals surface area contributed by atoms with Crippen molar-refractivity contribution in [1.82, 2.24) is 0 Å². The molecule has 1 aliphatic rings. The van der Waals surface area contributed by atoms with Crippen molar-refractivity contribution in [2.45, 2.75) is 6.42 Å². The van der Waals surface area contributed by atoms with Gasteiger partial charge in [0.15, 0.2) is 0 Å². The number of phenolic OH excluding ortho intramolecular Hbond substituents is 1. The first kappa shape index (κ1) is 6.22. The Kier molecular flexibility index (Phi) is 1.12. The average molecular weight is 150 g/mol. The predicted octanol–water partition coefficient (Wildman–Crippen LogP) is 0.854. The molecule has 1 N–H and O–H groups in total. The van der Waals surface area contributed by atoms with Gasteiger partial charge < -0.3 is 9.84 Å². The van der Waals surface area contributed by atoms with Gasteiger partial charge in [-0.1, -0.05) is 6.07 Å². The van der Waals surface area contributed by atoms with Gasteiger partial charge in [0.25, 0.3) is 0 Å². The molecule has 1 aromatic carbocycles. The van der Waals surface area contributed by atoms with Gasteiger partial charge in [0.1, 0.15) is 11.5 Å². The first-order valence-corrected chi connectivity index (χ1v) is 3.28. The maximum atomic E-state index is 10.7. The quantitative estimate of drug-likeness (QED) is 0.440. The van der Waals surface area contributed by atoms with E-state index >= 15 is 0 Å². The number of aromatic hydroxyl groups is 1. The molecule has 3 nitrogen and oxygen atoms in total. The third-order valence-electron chi connectivity index (χ3n) is 1.61. The molecule has 1 aliphatic heterocycles. The topological polar surface area (TPSA) is 46.5 Å². The molecule has 0 unspecified atom stereocenters. The van der Waals surface area contributed by atoms with E-state index in [0.29, 0.717) is 12.2 Å². The van der Waals surface area contributed by atoms with Crippen LogP contribution in [0.15, 0.2) is 18.2 Å². The SMILES string of the molecule is O=C1Cc2ccc(O)cc2O1. The van der Waals surface area contributed by atoms with Gasteiger partial charge in [0, 0.05) is 11.6 Å². The Morgan fingerprint density at radius 1 is 1.45 bits per heavy atom. The fraction of sp³-hybridized carbons (Fsp3) is 0.125. The molecule has 0 aliphatic carbocycles. The summed E-state index contributed by atoms with van der Waals surface area (Å²) < 4.78 is 4.79. The van der Waals surface area contributed by atoms with Gasteiger partial charge in [0.05, 0.1) is 6.42 Å². The van der Waals surface area contributed by atoms with Gasteiger partial charge in [-0.25, -0.2) is 0 Å². The zero-order valence-corrected chi connectivity index (χ0v) is 5.70. The molecule has 1 heterocycles. The minimum Gasteiger partial charge on any atom is -0.508 e. The Morgan fingerprint density at radius 3 is 3.09 bits per heavy atom. The lowest BCUT2D eigenvalue weighted by Crippen LogP contribution is -2.00. The van der Waals surface area contributed by atoms with Crippen LogP contribution in [0, 0.1) is 0 Å². The van der Waals surface area contributed by atoms with E-state index in [0.717, 1.165) is 5.56 Å². The summed E-state index contributed by atoms with van der Waals surface area (Å²) in [5.74, 6) is 0.346. The van der Waals surface area contributed by atoms with Crippen LogP contribution in [0.1, 0.15) is 5.56 Å². The molecule has 0 saturated carbocycles. The molecular weight excluding hydrogens is 144 g/mol. The zero-order valence-electron chi connectivity index (χ0n) is 5.70. The second-order valence-corrected chi connectivity index (χ2v) is 2.44. The number of rotatable bonds is 0. The van der Waals surface area contributed by atoms with Crippen LogP contribution < -0.4 is 4.74 Å². The summed E-state index contributed by atoms with van der Waals surface area (Å²) in [5, 5.41) is 8.99. The van der Waals surface area contributed by atoms with Crippen LogP contribution in [-0.2, 0) is 11.2 Å². The number of fused-ring (bicyclic) bond motifs is 1. The van der Waals surface area contributed by atoms with Crippen molar-refractivity contribution in [3.05, 3.63) is 23.8 Å². The number of carbonyl (C=O) groups excluding carboxylic acids is 1. The van der Waals surface area contributed by atoms with Crippen molar-refractivity contribution >= 4 is 5.97 Å². The van der Waals surface area contributed by atoms with Crippen LogP contribution in [0.3, 0.4) is 0 Å². The predicted molar refractivity (Wildman–Crippen MR) is 37.4 cm³/mol. The zero-order chi connectivity index (χ0) is 7.84. The number of hydrogen-bond donors (Lipinski definition) is 1. The third-order valence-corrected chi connectivity index (χ3v) is 1.61. The highest BCUT2D eigenvalue weighted by Gasteiger charge is 2.19. The summed E-state index contributed by atoms with van der Waals surface area (Å²) in [4.78, 5) is 10.7. The molecule has 0 bridgehead atoms. The molecular formula is C8H6O3. The Hall–Kier alpha value is -1.51. The van der Waals surface area contributed by atoms with E-state index in [2.05, 4.69) is 0 Å². The van der Waals surface area contributed by atoms with Crippen LogP contribution in [-0.4, -0.2) is 11.1 Å². The second-order valence-electron chi connectivity index (χ2n) is 2.44. The minimum absolute atomic E-state index is 0.124. The third kappa shape index (κ3) is 0.941. The number of esters is 1. The first-order chi connectivity index (χ1) is 5.25. The van der Waals surface area contributed by atoms with Crippen LogP contribution in [0.25, 0.3) is 0 Å². The van der Waals surface area contributed by atoms with E-state index in [1.54, 1.807) is 12.1 Å². The van der Waals surface area contributed by atoms with Crippen molar-refractivity contribution in [3.63, 3.8) is 0 Å². The molecule has 0 fully saturated rings. The van der Waals surface area contributed by atoms with E-state index < -0.39 is 0 Å². The summed E-state index contributed by atoms with van der Waals surface area (Å²) >= 11 is 0. The Bertz CT molecular complexity index is 317. The van der Waals surface area contributed by atoms with Crippen molar-refractivity contribution in [3.8, 4) is 11.5 Å². The summed E-state index contributed by atoms with van der Waals surface area (Å²) in [6.45, 7) is 0. The lowest BCUT2D eigenvalue weighted by atomic mass is 10.2. The molecule has 11 heavy (non-hydrogen) atoms. The maximum Gasteiger partial charge on any atom is 0.315 e. The van der Waals surface area contributed by atoms with E-state index in [1.165, 1.54) is 6.07 Å². The Labute approximate surface area is 63.2 Å². The van der Waals surface area contributed by atoms with Gasteiger partial charge in [-0.15, -0.1) is 0 Å². The molecule has 0 radical (unpaired) electrons. The Morgan fingerprint density at radius 2 is 2.27 bits per heavy atom. The van der Waals surface area contributed by atoms with Crippen LogP contribution in [0.4, 0.5) is 0 Å². The first-order valence-electron chi connectivity index (χ1n) is 3.28. The number of phenols is 1. The molecule has 0 saturated heterocycles. The van der Waals surface area contributed by atoms with E-state index in [1.807, 2.05) is 0 Å². The molecule has 0 atom stereocenters. The average Bonchev–Trinajstić information content (AvgIpc) is 2.27. The van der Waals surface area contributed by atoms with Gasteiger partial charge in [-0.05, 0) is 6.07 Å². The van der Waals surface area contributed by atoms with Gasteiger partial charge >= 0.3 is 5.97 Å². The lowest BCUT2D eigenvalue weighted by molar-refractivity contribution is -0.131. The summed E-state index contributed by atoms with van der Waals surface area (Å²) in [5.41, 5.74) is 0.841. The fourth-order valence-electron chi connectivity index (χ4n) is 1.10.